The van der Waals surface area contributed by atoms with E-state index in [2.05, 4.69) is 5.32 Å². The van der Waals surface area contributed by atoms with Gasteiger partial charge in [0.15, 0.2) is 0 Å². The Labute approximate surface area is 95.4 Å². The molecule has 1 amide bonds. The van der Waals surface area contributed by atoms with Gasteiger partial charge in [0.2, 0.25) is 5.91 Å². The van der Waals surface area contributed by atoms with E-state index in [0.717, 1.165) is 12.1 Å². The Morgan fingerprint density at radius 3 is 2.44 bits per heavy atom. The molecule has 0 bridgehead atoms. The van der Waals surface area contributed by atoms with Crippen molar-refractivity contribution in [2.45, 2.75) is 19.0 Å². The first-order valence-corrected chi connectivity index (χ1v) is 4.91. The van der Waals surface area contributed by atoms with Crippen LogP contribution in [-0.2, 0) is 16.9 Å². The molecule has 0 saturated heterocycles. The Hall–Kier alpha value is -1.23. The number of hydrogen-bond donors (Lipinski definition) is 1. The zero-order chi connectivity index (χ0) is 12.3. The molecule has 0 aliphatic carbocycles. The summed E-state index contributed by atoms with van der Waals surface area (Å²) >= 11 is 5.48. The Bertz CT molecular complexity index is 404. The molecule has 0 fully saturated rings. The summed E-state index contributed by atoms with van der Waals surface area (Å²) in [6.45, 7) is 1.22. The van der Waals surface area contributed by atoms with E-state index in [4.69, 9.17) is 11.6 Å². The van der Waals surface area contributed by atoms with Gasteiger partial charge in [-0.3, -0.25) is 4.79 Å². The van der Waals surface area contributed by atoms with Crippen LogP contribution in [0.25, 0.3) is 0 Å². The smallest absolute Gasteiger partial charge is 0.326 e. The second kappa shape index (κ2) is 4.74. The molecule has 0 aliphatic rings. The Balaban J connectivity index is 3.16. The predicted octanol–water partition coefficient (Wildman–Crippen LogP) is 3.40. The fraction of sp³-hybridized carbons (Fsp3) is 0.300. The Morgan fingerprint density at radius 2 is 2.00 bits per heavy atom. The van der Waals surface area contributed by atoms with E-state index >= 15 is 0 Å². The van der Waals surface area contributed by atoms with Crippen molar-refractivity contribution in [3.63, 3.8) is 0 Å². The van der Waals surface area contributed by atoms with Gasteiger partial charge in [-0.2, -0.15) is 13.2 Å². The van der Waals surface area contributed by atoms with E-state index in [1.807, 2.05) is 0 Å². The molecular formula is C10H9ClF3NO. The van der Waals surface area contributed by atoms with Crippen molar-refractivity contribution >= 4 is 23.2 Å². The lowest BCUT2D eigenvalue weighted by atomic mass is 10.1. The molecule has 1 aromatic carbocycles. The number of amides is 1. The highest BCUT2D eigenvalue weighted by molar-refractivity contribution is 6.17. The van der Waals surface area contributed by atoms with Crippen LogP contribution in [0.5, 0.6) is 0 Å². The first-order valence-electron chi connectivity index (χ1n) is 4.37. The molecule has 1 N–H and O–H groups in total. The van der Waals surface area contributed by atoms with E-state index in [1.54, 1.807) is 0 Å². The number of hydrogen-bond acceptors (Lipinski definition) is 1. The first kappa shape index (κ1) is 12.8. The van der Waals surface area contributed by atoms with E-state index in [9.17, 15) is 18.0 Å². The van der Waals surface area contributed by atoms with E-state index in [1.165, 1.54) is 13.0 Å². The van der Waals surface area contributed by atoms with Gasteiger partial charge in [-0.25, -0.2) is 0 Å². The summed E-state index contributed by atoms with van der Waals surface area (Å²) in [5.74, 6) is -0.476. The van der Waals surface area contributed by atoms with Gasteiger partial charge in [-0.05, 0) is 23.8 Å². The van der Waals surface area contributed by atoms with Crippen LogP contribution in [0.15, 0.2) is 18.2 Å². The number of carbonyl (C=O) groups excluding carboxylic acids is 1. The van der Waals surface area contributed by atoms with Crippen LogP contribution in [0.1, 0.15) is 18.1 Å². The average molecular weight is 252 g/mol. The van der Waals surface area contributed by atoms with Crippen LogP contribution in [0.2, 0.25) is 0 Å². The summed E-state index contributed by atoms with van der Waals surface area (Å²) in [4.78, 5) is 10.7. The van der Waals surface area contributed by atoms with Gasteiger partial charge in [0.05, 0.1) is 5.56 Å². The van der Waals surface area contributed by atoms with Gasteiger partial charge < -0.3 is 5.32 Å². The van der Waals surface area contributed by atoms with Gasteiger partial charge in [0, 0.05) is 18.5 Å². The number of benzene rings is 1. The largest absolute Gasteiger partial charge is 0.416 e. The normalized spacial score (nSPS) is 11.3. The van der Waals surface area contributed by atoms with E-state index < -0.39 is 17.6 Å². The van der Waals surface area contributed by atoms with Crippen molar-refractivity contribution in [1.29, 1.82) is 0 Å². The van der Waals surface area contributed by atoms with Gasteiger partial charge in [-0.15, -0.1) is 11.6 Å². The number of carbonyl (C=O) groups is 1. The molecule has 6 heteroatoms. The van der Waals surface area contributed by atoms with Crippen molar-refractivity contribution in [1.82, 2.24) is 0 Å². The maximum atomic E-state index is 12.5. The molecule has 0 spiro atoms. The highest BCUT2D eigenvalue weighted by atomic mass is 35.5. The second-order valence-corrected chi connectivity index (χ2v) is 3.50. The number of nitrogens with one attached hydrogen (secondary N) is 1. The minimum atomic E-state index is -4.45. The Morgan fingerprint density at radius 1 is 1.38 bits per heavy atom. The fourth-order valence-corrected chi connectivity index (χ4v) is 1.36. The van der Waals surface area contributed by atoms with E-state index in [-0.39, 0.29) is 11.6 Å². The molecule has 1 rings (SSSR count). The second-order valence-electron chi connectivity index (χ2n) is 3.23. The van der Waals surface area contributed by atoms with Crippen molar-refractivity contribution in [2.24, 2.45) is 0 Å². The summed E-state index contributed by atoms with van der Waals surface area (Å²) in [7, 11) is 0. The summed E-state index contributed by atoms with van der Waals surface area (Å²) < 4.78 is 37.4. The zero-order valence-electron chi connectivity index (χ0n) is 8.36. The molecule has 0 saturated carbocycles. The van der Waals surface area contributed by atoms with Crippen LogP contribution in [0.3, 0.4) is 0 Å². The zero-order valence-corrected chi connectivity index (χ0v) is 9.12. The molecule has 0 radical (unpaired) electrons. The first-order chi connectivity index (χ1) is 7.32. The fourth-order valence-electron chi connectivity index (χ4n) is 1.21. The average Bonchev–Trinajstić information content (AvgIpc) is 2.14. The van der Waals surface area contributed by atoms with Crippen LogP contribution in [-0.4, -0.2) is 5.91 Å². The SMILES string of the molecule is CC(=O)Nc1cc(CCl)cc(C(F)(F)F)c1. The lowest BCUT2D eigenvalue weighted by molar-refractivity contribution is -0.137. The molecule has 0 unspecified atom stereocenters. The van der Waals surface area contributed by atoms with Crippen molar-refractivity contribution in [2.75, 3.05) is 5.32 Å². The molecule has 0 aromatic heterocycles. The molecule has 0 atom stereocenters. The molecule has 88 valence electrons. The van der Waals surface area contributed by atoms with Crippen LogP contribution < -0.4 is 5.32 Å². The third-order valence-corrected chi connectivity index (χ3v) is 2.10. The summed E-state index contributed by atoms with van der Waals surface area (Å²) in [5.41, 5.74) is -0.424. The van der Waals surface area contributed by atoms with Crippen LogP contribution >= 0.6 is 11.6 Å². The van der Waals surface area contributed by atoms with Crippen molar-refractivity contribution in [3.8, 4) is 0 Å². The molecule has 0 heterocycles. The monoisotopic (exact) mass is 251 g/mol. The number of anilines is 1. The highest BCUT2D eigenvalue weighted by Crippen LogP contribution is 2.32. The van der Waals surface area contributed by atoms with Gasteiger partial charge in [-0.1, -0.05) is 0 Å². The third-order valence-electron chi connectivity index (χ3n) is 1.79. The Kier molecular flexibility index (Phi) is 3.80. The minimum Gasteiger partial charge on any atom is -0.326 e. The topological polar surface area (TPSA) is 29.1 Å². The quantitative estimate of drug-likeness (QED) is 0.802. The van der Waals surface area contributed by atoms with Crippen LogP contribution in [0.4, 0.5) is 18.9 Å². The van der Waals surface area contributed by atoms with Crippen molar-refractivity contribution < 1.29 is 18.0 Å². The minimum absolute atomic E-state index is 0.0451. The van der Waals surface area contributed by atoms with E-state index in [0.29, 0.717) is 5.56 Å². The maximum Gasteiger partial charge on any atom is 0.416 e. The highest BCUT2D eigenvalue weighted by Gasteiger charge is 2.31. The predicted molar refractivity (Wildman–Crippen MR) is 55.3 cm³/mol. The summed E-state index contributed by atoms with van der Waals surface area (Å²) in [5, 5.41) is 2.29. The molecule has 2 nitrogen and oxygen atoms in total. The summed E-state index contributed by atoms with van der Waals surface area (Å²) in [6.07, 6.45) is -4.45. The summed E-state index contributed by atoms with van der Waals surface area (Å²) in [6, 6.07) is 3.24. The lowest BCUT2D eigenvalue weighted by Gasteiger charge is -2.11. The number of halogens is 4. The van der Waals surface area contributed by atoms with Crippen molar-refractivity contribution in [3.05, 3.63) is 29.3 Å². The van der Waals surface area contributed by atoms with Crippen LogP contribution in [0, 0.1) is 0 Å². The number of rotatable bonds is 2. The third kappa shape index (κ3) is 3.41. The molecule has 16 heavy (non-hydrogen) atoms. The molecule has 1 aromatic rings. The van der Waals surface area contributed by atoms with Gasteiger partial charge in [0.1, 0.15) is 0 Å². The van der Waals surface area contributed by atoms with Gasteiger partial charge in [0.25, 0.3) is 0 Å². The maximum absolute atomic E-state index is 12.5. The standard InChI is InChI=1S/C10H9ClF3NO/c1-6(16)15-9-3-7(5-11)2-8(4-9)10(12,13)14/h2-4H,5H2,1H3,(H,15,16). The molecular weight excluding hydrogens is 243 g/mol. The molecule has 0 aliphatic heterocycles. The number of alkyl halides is 4. The lowest BCUT2D eigenvalue weighted by Crippen LogP contribution is -2.10. The van der Waals surface area contributed by atoms with Gasteiger partial charge >= 0.3 is 6.18 Å².